The molecule has 22 heavy (non-hydrogen) atoms. The summed E-state index contributed by atoms with van der Waals surface area (Å²) in [7, 11) is 0. The van der Waals surface area contributed by atoms with Gasteiger partial charge in [-0.15, -0.1) is 0 Å². The van der Waals surface area contributed by atoms with E-state index in [1.54, 1.807) is 0 Å². The second kappa shape index (κ2) is 15.6. The lowest BCUT2D eigenvalue weighted by molar-refractivity contribution is -0.0176. The van der Waals surface area contributed by atoms with E-state index in [0.717, 1.165) is 45.8 Å². The fourth-order valence-electron chi connectivity index (χ4n) is 2.03. The SMILES string of the molecule is CCCCOCCOCCOCCOCCC1CNCCO1. The molecule has 0 aromatic carbocycles. The van der Waals surface area contributed by atoms with Crippen molar-refractivity contribution in [3.8, 4) is 0 Å². The lowest BCUT2D eigenvalue weighted by atomic mass is 10.2. The Labute approximate surface area is 134 Å². The van der Waals surface area contributed by atoms with Gasteiger partial charge in [-0.25, -0.2) is 0 Å². The maximum atomic E-state index is 5.59. The predicted molar refractivity (Wildman–Crippen MR) is 85.4 cm³/mol. The molecule has 0 saturated carbocycles. The molecule has 6 nitrogen and oxygen atoms in total. The van der Waals surface area contributed by atoms with Crippen LogP contribution in [-0.4, -0.2) is 78.7 Å². The van der Waals surface area contributed by atoms with Gasteiger partial charge in [0.15, 0.2) is 0 Å². The number of morpholine rings is 1. The molecule has 1 rings (SSSR count). The molecule has 6 heteroatoms. The van der Waals surface area contributed by atoms with Crippen LogP contribution in [-0.2, 0) is 23.7 Å². The lowest BCUT2D eigenvalue weighted by Gasteiger charge is -2.23. The van der Waals surface area contributed by atoms with E-state index >= 15 is 0 Å². The van der Waals surface area contributed by atoms with E-state index in [4.69, 9.17) is 23.7 Å². The topological polar surface area (TPSA) is 58.2 Å². The molecule has 0 aliphatic carbocycles. The first kappa shape index (κ1) is 19.8. The van der Waals surface area contributed by atoms with Crippen molar-refractivity contribution >= 4 is 0 Å². The minimum absolute atomic E-state index is 0.294. The number of ether oxygens (including phenoxy) is 5. The van der Waals surface area contributed by atoms with Crippen molar-refractivity contribution in [2.75, 3.05) is 72.6 Å². The van der Waals surface area contributed by atoms with Crippen molar-refractivity contribution in [2.24, 2.45) is 0 Å². The van der Waals surface area contributed by atoms with Crippen LogP contribution in [0.15, 0.2) is 0 Å². The molecule has 1 fully saturated rings. The zero-order valence-electron chi connectivity index (χ0n) is 14.0. The first-order valence-corrected chi connectivity index (χ1v) is 8.56. The molecule has 1 N–H and O–H groups in total. The van der Waals surface area contributed by atoms with Gasteiger partial charge in [0.05, 0.1) is 52.4 Å². The average Bonchev–Trinajstić information content (AvgIpc) is 2.56. The summed E-state index contributed by atoms with van der Waals surface area (Å²) in [5, 5.41) is 3.31. The Kier molecular flexibility index (Phi) is 14.1. The minimum Gasteiger partial charge on any atom is -0.379 e. The second-order valence-corrected chi connectivity index (χ2v) is 5.29. The third-order valence-electron chi connectivity index (χ3n) is 3.35. The van der Waals surface area contributed by atoms with Gasteiger partial charge in [-0.2, -0.15) is 0 Å². The molecular formula is C16H33NO5. The van der Waals surface area contributed by atoms with Crippen molar-refractivity contribution < 1.29 is 23.7 Å². The van der Waals surface area contributed by atoms with E-state index in [1.807, 2.05) is 0 Å². The molecule has 1 aliphatic rings. The van der Waals surface area contributed by atoms with Gasteiger partial charge in [0.2, 0.25) is 0 Å². The van der Waals surface area contributed by atoms with Crippen LogP contribution in [0.5, 0.6) is 0 Å². The Morgan fingerprint density at radius 2 is 1.45 bits per heavy atom. The fraction of sp³-hybridized carbons (Fsp3) is 1.00. The van der Waals surface area contributed by atoms with Gasteiger partial charge in [0.25, 0.3) is 0 Å². The second-order valence-electron chi connectivity index (χ2n) is 5.29. The first-order chi connectivity index (χ1) is 10.9. The molecule has 132 valence electrons. The summed E-state index contributed by atoms with van der Waals surface area (Å²) in [4.78, 5) is 0. The van der Waals surface area contributed by atoms with Gasteiger partial charge in [-0.1, -0.05) is 13.3 Å². The average molecular weight is 319 g/mol. The Morgan fingerprint density at radius 1 is 0.864 bits per heavy atom. The molecule has 0 aromatic rings. The monoisotopic (exact) mass is 319 g/mol. The van der Waals surface area contributed by atoms with Gasteiger partial charge in [-0.05, 0) is 12.8 Å². The van der Waals surface area contributed by atoms with Crippen molar-refractivity contribution in [2.45, 2.75) is 32.3 Å². The summed E-state index contributed by atoms with van der Waals surface area (Å²) in [6.45, 7) is 10.2. The van der Waals surface area contributed by atoms with E-state index in [0.29, 0.717) is 45.7 Å². The number of rotatable bonds is 15. The molecule has 0 bridgehead atoms. The maximum absolute atomic E-state index is 5.59. The van der Waals surface area contributed by atoms with E-state index in [1.165, 1.54) is 6.42 Å². The van der Waals surface area contributed by atoms with E-state index in [-0.39, 0.29) is 0 Å². The zero-order valence-corrected chi connectivity index (χ0v) is 14.0. The lowest BCUT2D eigenvalue weighted by Crippen LogP contribution is -2.39. The molecule has 1 atom stereocenters. The van der Waals surface area contributed by atoms with Gasteiger partial charge >= 0.3 is 0 Å². The molecule has 0 spiro atoms. The zero-order chi connectivity index (χ0) is 15.7. The third kappa shape index (κ3) is 12.3. The minimum atomic E-state index is 0.294. The standard InChI is InChI=1S/C16H33NO5/c1-2-3-6-18-9-11-20-13-14-21-12-10-19-7-4-16-15-17-5-8-22-16/h16-17H,2-15H2,1H3. The van der Waals surface area contributed by atoms with Crippen molar-refractivity contribution in [3.63, 3.8) is 0 Å². The summed E-state index contributed by atoms with van der Waals surface area (Å²) in [6, 6.07) is 0. The molecule has 0 amide bonds. The van der Waals surface area contributed by atoms with E-state index in [2.05, 4.69) is 12.2 Å². The summed E-state index contributed by atoms with van der Waals surface area (Å²) in [5.74, 6) is 0. The molecule has 0 aromatic heterocycles. The molecule has 1 aliphatic heterocycles. The molecule has 0 radical (unpaired) electrons. The summed E-state index contributed by atoms with van der Waals surface area (Å²) >= 11 is 0. The van der Waals surface area contributed by atoms with Crippen LogP contribution in [0.3, 0.4) is 0 Å². The first-order valence-electron chi connectivity index (χ1n) is 8.56. The van der Waals surface area contributed by atoms with Crippen LogP contribution in [0.1, 0.15) is 26.2 Å². The van der Waals surface area contributed by atoms with Crippen LogP contribution >= 0.6 is 0 Å². The highest BCUT2D eigenvalue weighted by Gasteiger charge is 2.12. The smallest absolute Gasteiger partial charge is 0.0722 e. The highest BCUT2D eigenvalue weighted by molar-refractivity contribution is 4.66. The maximum Gasteiger partial charge on any atom is 0.0722 e. The van der Waals surface area contributed by atoms with Crippen LogP contribution in [0.4, 0.5) is 0 Å². The van der Waals surface area contributed by atoms with Crippen LogP contribution in [0.25, 0.3) is 0 Å². The third-order valence-corrected chi connectivity index (χ3v) is 3.35. The molecule has 1 heterocycles. The number of unbranched alkanes of at least 4 members (excludes halogenated alkanes) is 1. The Morgan fingerprint density at radius 3 is 2.00 bits per heavy atom. The number of hydrogen-bond acceptors (Lipinski definition) is 6. The van der Waals surface area contributed by atoms with Crippen LogP contribution in [0, 0.1) is 0 Å². The van der Waals surface area contributed by atoms with Crippen molar-refractivity contribution in [1.29, 1.82) is 0 Å². The van der Waals surface area contributed by atoms with E-state index < -0.39 is 0 Å². The number of hydrogen-bond donors (Lipinski definition) is 1. The van der Waals surface area contributed by atoms with Gasteiger partial charge < -0.3 is 29.0 Å². The Hall–Kier alpha value is -0.240. The Balaban J connectivity index is 1.68. The Bertz CT molecular complexity index is 225. The summed E-state index contributed by atoms with van der Waals surface area (Å²) in [6.07, 6.45) is 3.52. The molecule has 1 saturated heterocycles. The molecular weight excluding hydrogens is 286 g/mol. The fourth-order valence-corrected chi connectivity index (χ4v) is 2.03. The normalized spacial score (nSPS) is 18.7. The quantitative estimate of drug-likeness (QED) is 0.458. The van der Waals surface area contributed by atoms with Crippen molar-refractivity contribution in [1.82, 2.24) is 5.32 Å². The summed E-state index contributed by atoms with van der Waals surface area (Å²) in [5.41, 5.74) is 0. The van der Waals surface area contributed by atoms with Crippen LogP contribution < -0.4 is 5.32 Å². The molecule has 1 unspecified atom stereocenters. The van der Waals surface area contributed by atoms with Crippen LogP contribution in [0.2, 0.25) is 0 Å². The predicted octanol–water partition coefficient (Wildman–Crippen LogP) is 1.23. The van der Waals surface area contributed by atoms with Crippen molar-refractivity contribution in [3.05, 3.63) is 0 Å². The largest absolute Gasteiger partial charge is 0.379 e. The van der Waals surface area contributed by atoms with E-state index in [9.17, 15) is 0 Å². The summed E-state index contributed by atoms with van der Waals surface area (Å²) < 4.78 is 27.4. The van der Waals surface area contributed by atoms with Gasteiger partial charge in [0.1, 0.15) is 0 Å². The van der Waals surface area contributed by atoms with Gasteiger partial charge in [-0.3, -0.25) is 0 Å². The highest BCUT2D eigenvalue weighted by atomic mass is 16.6. The number of nitrogens with one attached hydrogen (secondary N) is 1. The highest BCUT2D eigenvalue weighted by Crippen LogP contribution is 2.01. The van der Waals surface area contributed by atoms with Gasteiger partial charge in [0, 0.05) is 26.3 Å².